The largest absolute Gasteiger partial charge is 0.493 e. The summed E-state index contributed by atoms with van der Waals surface area (Å²) in [6, 6.07) is 47.6. The number of ether oxygens (including phenoxy) is 4. The Hall–Kier alpha value is -6.80. The second-order valence-electron chi connectivity index (χ2n) is 13.7. The van der Waals surface area contributed by atoms with Crippen LogP contribution in [0.2, 0.25) is 0 Å². The molecule has 0 fully saturated rings. The van der Waals surface area contributed by atoms with E-state index in [9.17, 15) is 0 Å². The molecule has 0 N–H and O–H groups in total. The van der Waals surface area contributed by atoms with E-state index in [0.29, 0.717) is 26.4 Å². The van der Waals surface area contributed by atoms with Crippen LogP contribution in [0.1, 0.15) is 60.8 Å². The van der Waals surface area contributed by atoms with Crippen LogP contribution >= 0.6 is 0 Å². The zero-order valence-electron chi connectivity index (χ0n) is 32.7. The van der Waals surface area contributed by atoms with Crippen LogP contribution in [0.4, 0.5) is 22.7 Å². The van der Waals surface area contributed by atoms with Gasteiger partial charge in [0.25, 0.3) is 0 Å². The maximum absolute atomic E-state index is 6.18. The van der Waals surface area contributed by atoms with Gasteiger partial charge >= 0.3 is 0 Å². The fourth-order valence-electron chi connectivity index (χ4n) is 6.19. The van der Waals surface area contributed by atoms with Gasteiger partial charge in [-0.05, 0) is 136 Å². The monoisotopic (exact) mass is 768 g/mol. The fraction of sp³-hybridized carbons (Fsp3) is 0.200. The zero-order valence-corrected chi connectivity index (χ0v) is 32.7. The first-order valence-electron chi connectivity index (χ1n) is 20.0. The zero-order chi connectivity index (χ0) is 39.5. The van der Waals surface area contributed by atoms with Crippen molar-refractivity contribution in [2.45, 2.75) is 38.5 Å². The number of nitrogens with zero attached hydrogens (tertiary/aromatic N) is 4. The lowest BCUT2D eigenvalue weighted by atomic mass is 10.2. The summed E-state index contributed by atoms with van der Waals surface area (Å²) in [5.74, 6) is 3.26. The predicted molar refractivity (Wildman–Crippen MR) is 237 cm³/mol. The molecule has 0 unspecified atom stereocenters. The third-order valence-electron chi connectivity index (χ3n) is 9.39. The Kier molecular flexibility index (Phi) is 14.6. The summed E-state index contributed by atoms with van der Waals surface area (Å²) in [5.41, 5.74) is 7.06. The van der Waals surface area contributed by atoms with Crippen molar-refractivity contribution in [2.24, 2.45) is 20.0 Å². The van der Waals surface area contributed by atoms with Crippen LogP contribution in [0, 0.1) is 0 Å². The van der Waals surface area contributed by atoms with E-state index in [1.54, 1.807) is 0 Å². The normalized spacial score (nSPS) is 14.5. The van der Waals surface area contributed by atoms with Gasteiger partial charge in [-0.25, -0.2) is 0 Å². The van der Waals surface area contributed by atoms with E-state index >= 15 is 0 Å². The lowest BCUT2D eigenvalue weighted by Crippen LogP contribution is -2.03. The molecule has 8 heteroatoms. The minimum Gasteiger partial charge on any atom is -0.493 e. The average Bonchev–Trinajstić information content (AvgIpc) is 3.27. The highest BCUT2D eigenvalue weighted by Gasteiger charge is 2.06. The van der Waals surface area contributed by atoms with Crippen molar-refractivity contribution in [3.8, 4) is 23.0 Å². The first-order chi connectivity index (χ1) is 28.8. The first-order valence-corrected chi connectivity index (χ1v) is 20.0. The SMILES string of the molecule is C1=Nc2ccc(cc2)N=Cc2ccccc2OCCCCCOc2ccccc2C=Nc2ccc(cc2)N=Cc2ccccc2OCCCCCOc2ccccc21. The smallest absolute Gasteiger partial charge is 0.128 e. The molecule has 0 amide bonds. The van der Waals surface area contributed by atoms with Gasteiger partial charge in [0.1, 0.15) is 23.0 Å². The van der Waals surface area contributed by atoms with E-state index in [-0.39, 0.29) is 0 Å². The molecule has 0 saturated heterocycles. The Morgan fingerprint density at radius 2 is 0.483 bits per heavy atom. The number of aliphatic imine (C=N–C) groups is 4. The fourth-order valence-corrected chi connectivity index (χ4v) is 6.19. The summed E-state index contributed by atoms with van der Waals surface area (Å²) < 4.78 is 24.7. The van der Waals surface area contributed by atoms with Gasteiger partial charge in [0.2, 0.25) is 0 Å². The molecule has 58 heavy (non-hydrogen) atoms. The van der Waals surface area contributed by atoms with Crippen LogP contribution in [-0.4, -0.2) is 51.3 Å². The molecule has 0 aromatic heterocycles. The summed E-state index contributed by atoms with van der Waals surface area (Å²) in [6.45, 7) is 2.45. The van der Waals surface area contributed by atoms with Crippen molar-refractivity contribution in [2.75, 3.05) is 26.4 Å². The highest BCUT2D eigenvalue weighted by Crippen LogP contribution is 2.25. The molecule has 0 spiro atoms. The average molecular weight is 769 g/mol. The molecule has 292 valence electrons. The van der Waals surface area contributed by atoms with Crippen molar-refractivity contribution in [1.29, 1.82) is 0 Å². The highest BCUT2D eigenvalue weighted by molar-refractivity contribution is 5.88. The maximum Gasteiger partial charge on any atom is 0.128 e. The first kappa shape index (κ1) is 39.4. The van der Waals surface area contributed by atoms with Gasteiger partial charge in [0, 0.05) is 47.1 Å². The Bertz CT molecular complexity index is 1990. The number of hydrogen-bond donors (Lipinski definition) is 0. The van der Waals surface area contributed by atoms with Crippen LogP contribution in [0.15, 0.2) is 166 Å². The molecule has 10 rings (SSSR count). The topological polar surface area (TPSA) is 86.4 Å². The van der Waals surface area contributed by atoms with Crippen LogP contribution in [0.25, 0.3) is 0 Å². The number of para-hydroxylation sites is 4. The van der Waals surface area contributed by atoms with E-state index in [1.165, 1.54) is 0 Å². The molecule has 0 saturated carbocycles. The van der Waals surface area contributed by atoms with Gasteiger partial charge in [0.15, 0.2) is 0 Å². The summed E-state index contributed by atoms with van der Waals surface area (Å²) in [7, 11) is 0. The van der Waals surface area contributed by atoms with Crippen LogP contribution < -0.4 is 18.9 Å². The standard InChI is InChI=1S/C50H48N4O4/c1-11-31-55-47-19-7-3-15-39(47)35-51-43-23-27-45(28-24-43)53-37-41-17-5-9-21-49(41)57-33-13-2-14-34-58-50-22-10-6-18-42(50)38-54-46-29-25-44(26-30-46)52-36-40-16-4-8-20-48(40)56-32-12-1/h3-10,15-30,35-38H,1-2,11-14,31-34H2. The van der Waals surface area contributed by atoms with Gasteiger partial charge in [-0.15, -0.1) is 0 Å². The molecule has 6 aromatic carbocycles. The second-order valence-corrected chi connectivity index (χ2v) is 13.7. The van der Waals surface area contributed by atoms with Gasteiger partial charge in [-0.2, -0.15) is 0 Å². The molecule has 4 aliphatic rings. The third kappa shape index (κ3) is 12.1. The van der Waals surface area contributed by atoms with Crippen molar-refractivity contribution in [3.63, 3.8) is 0 Å². The van der Waals surface area contributed by atoms with Gasteiger partial charge in [-0.1, -0.05) is 48.5 Å². The number of hydrogen-bond acceptors (Lipinski definition) is 8. The van der Waals surface area contributed by atoms with E-state index in [1.807, 2.05) is 170 Å². The molecule has 6 aromatic rings. The van der Waals surface area contributed by atoms with Gasteiger partial charge in [-0.3, -0.25) is 20.0 Å². The predicted octanol–water partition coefficient (Wildman–Crippen LogP) is 12.3. The molecular formula is C50H48N4O4. The quantitative estimate of drug-likeness (QED) is 0.154. The molecular weight excluding hydrogens is 721 g/mol. The minimum atomic E-state index is 0.612. The summed E-state index contributed by atoms with van der Waals surface area (Å²) in [4.78, 5) is 18.9. The van der Waals surface area contributed by atoms with Crippen LogP contribution in [0.3, 0.4) is 0 Å². The Balaban J connectivity index is 1.02. The summed E-state index contributed by atoms with van der Waals surface area (Å²) in [6.07, 6.45) is 13.0. The lowest BCUT2D eigenvalue weighted by molar-refractivity contribution is 0.279. The Morgan fingerprint density at radius 1 is 0.259 bits per heavy atom. The van der Waals surface area contributed by atoms with Crippen LogP contribution in [-0.2, 0) is 0 Å². The molecule has 4 bridgehead atoms. The van der Waals surface area contributed by atoms with E-state index < -0.39 is 0 Å². The molecule has 4 heterocycles. The van der Waals surface area contributed by atoms with Gasteiger partial charge in [0.05, 0.1) is 49.2 Å². The Morgan fingerprint density at radius 3 is 0.724 bits per heavy atom. The molecule has 0 atom stereocenters. The van der Waals surface area contributed by atoms with E-state index in [0.717, 1.165) is 107 Å². The molecule has 4 aliphatic heterocycles. The maximum atomic E-state index is 6.18. The van der Waals surface area contributed by atoms with Crippen molar-refractivity contribution in [3.05, 3.63) is 168 Å². The second kappa shape index (κ2) is 21.5. The van der Waals surface area contributed by atoms with Gasteiger partial charge < -0.3 is 18.9 Å². The van der Waals surface area contributed by atoms with Crippen molar-refractivity contribution < 1.29 is 18.9 Å². The lowest BCUT2D eigenvalue weighted by Gasteiger charge is -2.10. The van der Waals surface area contributed by atoms with Crippen LogP contribution in [0.5, 0.6) is 23.0 Å². The van der Waals surface area contributed by atoms with E-state index in [4.69, 9.17) is 38.9 Å². The number of rotatable bonds is 0. The summed E-state index contributed by atoms with van der Waals surface area (Å²) >= 11 is 0. The minimum absolute atomic E-state index is 0.612. The molecule has 8 nitrogen and oxygen atoms in total. The Labute approximate surface area is 341 Å². The van der Waals surface area contributed by atoms with Crippen molar-refractivity contribution >= 4 is 47.6 Å². The molecule has 0 radical (unpaired) electrons. The molecule has 0 aliphatic carbocycles. The van der Waals surface area contributed by atoms with E-state index in [2.05, 4.69) is 0 Å². The highest BCUT2D eigenvalue weighted by atomic mass is 16.5. The van der Waals surface area contributed by atoms with Crippen molar-refractivity contribution in [1.82, 2.24) is 0 Å². The third-order valence-corrected chi connectivity index (χ3v) is 9.39. The summed E-state index contributed by atoms with van der Waals surface area (Å²) in [5, 5.41) is 0. The number of benzene rings is 6.